The molecule has 6 nitrogen and oxygen atoms in total. The van der Waals surface area contributed by atoms with Crippen molar-refractivity contribution >= 4 is 23.1 Å². The van der Waals surface area contributed by atoms with Gasteiger partial charge in [0.25, 0.3) is 0 Å². The molecule has 1 aliphatic rings. The highest BCUT2D eigenvalue weighted by atomic mass is 32.1. The van der Waals surface area contributed by atoms with E-state index in [0.717, 1.165) is 28.2 Å². The maximum Gasteiger partial charge on any atom is 0.228 e. The Hall–Kier alpha value is -2.54. The van der Waals surface area contributed by atoms with Crippen LogP contribution in [0.3, 0.4) is 0 Å². The first-order valence-electron chi connectivity index (χ1n) is 6.93. The fourth-order valence-corrected chi connectivity index (χ4v) is 3.05. The molecule has 22 heavy (non-hydrogen) atoms. The molecule has 3 aromatic heterocycles. The van der Waals surface area contributed by atoms with Crippen molar-refractivity contribution in [3.63, 3.8) is 0 Å². The Kier molecular flexibility index (Phi) is 3.19. The highest BCUT2D eigenvalue weighted by molar-refractivity contribution is 7.18. The molecule has 1 saturated carbocycles. The van der Waals surface area contributed by atoms with Crippen LogP contribution in [0.5, 0.6) is 0 Å². The zero-order valence-electron chi connectivity index (χ0n) is 11.5. The Morgan fingerprint density at radius 1 is 1.23 bits per heavy atom. The summed E-state index contributed by atoms with van der Waals surface area (Å²) in [6.07, 6.45) is 4.97. The molecule has 0 aliphatic heterocycles. The van der Waals surface area contributed by atoms with Crippen LogP contribution in [0.2, 0.25) is 0 Å². The van der Waals surface area contributed by atoms with E-state index in [2.05, 4.69) is 20.4 Å². The van der Waals surface area contributed by atoms with Crippen molar-refractivity contribution in [2.24, 2.45) is 5.92 Å². The largest absolute Gasteiger partial charge is 0.342 e. The van der Waals surface area contributed by atoms with Gasteiger partial charge in [0.2, 0.25) is 18.1 Å². The minimum absolute atomic E-state index is 0.0586. The van der Waals surface area contributed by atoms with Crippen LogP contribution in [0.25, 0.3) is 21.1 Å². The molecule has 0 bridgehead atoms. The molecular formula is C15H12N4O2S. The molecule has 1 amide bonds. The summed E-state index contributed by atoms with van der Waals surface area (Å²) in [6, 6.07) is 7.75. The summed E-state index contributed by atoms with van der Waals surface area (Å²) in [5.41, 5.74) is 1.00. The van der Waals surface area contributed by atoms with Crippen molar-refractivity contribution in [1.82, 2.24) is 15.1 Å². The highest BCUT2D eigenvalue weighted by Gasteiger charge is 2.29. The van der Waals surface area contributed by atoms with Crippen molar-refractivity contribution < 1.29 is 9.32 Å². The monoisotopic (exact) mass is 312 g/mol. The van der Waals surface area contributed by atoms with E-state index in [0.29, 0.717) is 11.6 Å². The Morgan fingerprint density at radius 2 is 2.09 bits per heavy atom. The number of nitrogens with zero attached hydrogens (tertiary/aromatic N) is 3. The van der Waals surface area contributed by atoms with E-state index in [4.69, 9.17) is 4.52 Å². The van der Waals surface area contributed by atoms with Crippen molar-refractivity contribution in [3.8, 4) is 21.1 Å². The maximum atomic E-state index is 11.8. The van der Waals surface area contributed by atoms with E-state index in [1.54, 1.807) is 17.5 Å². The third kappa shape index (κ3) is 2.62. The van der Waals surface area contributed by atoms with Crippen molar-refractivity contribution in [2.45, 2.75) is 12.8 Å². The van der Waals surface area contributed by atoms with Gasteiger partial charge in [0.1, 0.15) is 5.82 Å². The molecule has 7 heteroatoms. The van der Waals surface area contributed by atoms with Gasteiger partial charge >= 0.3 is 0 Å². The lowest BCUT2D eigenvalue weighted by Crippen LogP contribution is -2.14. The summed E-state index contributed by atoms with van der Waals surface area (Å²) < 4.78 is 4.76. The van der Waals surface area contributed by atoms with Crippen LogP contribution in [0, 0.1) is 5.92 Å². The number of pyridine rings is 1. The number of anilines is 1. The number of nitrogens with one attached hydrogen (secondary N) is 1. The first-order chi connectivity index (χ1) is 10.8. The molecule has 0 spiro atoms. The van der Waals surface area contributed by atoms with Crippen LogP contribution in [-0.2, 0) is 4.79 Å². The van der Waals surface area contributed by atoms with Gasteiger partial charge in [-0.2, -0.15) is 4.98 Å². The van der Waals surface area contributed by atoms with E-state index in [1.807, 2.05) is 24.3 Å². The second-order valence-electron chi connectivity index (χ2n) is 5.11. The van der Waals surface area contributed by atoms with Gasteiger partial charge in [-0.1, -0.05) is 5.16 Å². The molecular weight excluding hydrogens is 300 g/mol. The highest BCUT2D eigenvalue weighted by Crippen LogP contribution is 2.34. The number of amides is 1. The number of hydrogen-bond acceptors (Lipinski definition) is 6. The molecule has 0 unspecified atom stereocenters. The zero-order valence-corrected chi connectivity index (χ0v) is 12.3. The molecule has 1 aliphatic carbocycles. The summed E-state index contributed by atoms with van der Waals surface area (Å²) in [6.45, 7) is 0. The quantitative estimate of drug-likeness (QED) is 0.800. The molecule has 0 atom stereocenters. The van der Waals surface area contributed by atoms with E-state index in [-0.39, 0.29) is 11.8 Å². The van der Waals surface area contributed by atoms with E-state index in [9.17, 15) is 4.79 Å². The van der Waals surface area contributed by atoms with Gasteiger partial charge in [-0.25, -0.2) is 4.98 Å². The van der Waals surface area contributed by atoms with Crippen LogP contribution in [0.4, 0.5) is 5.82 Å². The predicted molar refractivity (Wildman–Crippen MR) is 82.2 cm³/mol. The lowest BCUT2D eigenvalue weighted by molar-refractivity contribution is -0.117. The number of carbonyl (C=O) groups is 1. The number of thiophene rings is 1. The van der Waals surface area contributed by atoms with Crippen molar-refractivity contribution in [3.05, 3.63) is 36.9 Å². The molecule has 3 heterocycles. The normalized spacial score (nSPS) is 14.0. The number of carbonyl (C=O) groups excluding carboxylic acids is 1. The Bertz CT molecular complexity index is 809. The fraction of sp³-hybridized carbons (Fsp3) is 0.200. The van der Waals surface area contributed by atoms with Crippen LogP contribution in [0.1, 0.15) is 12.8 Å². The smallest absolute Gasteiger partial charge is 0.228 e. The average molecular weight is 312 g/mol. The lowest BCUT2D eigenvalue weighted by Gasteiger charge is -2.04. The molecule has 1 fully saturated rings. The summed E-state index contributed by atoms with van der Waals surface area (Å²) in [7, 11) is 0. The van der Waals surface area contributed by atoms with Crippen LogP contribution in [-0.4, -0.2) is 21.0 Å². The second kappa shape index (κ2) is 5.34. The standard InChI is InChI=1S/C15H12N4O2S/c20-15(9-1-2-9)18-13-7-10(5-6-16-13)11-3-4-12(22-11)14-17-8-21-19-14/h3-9H,1-2H2,(H,16,18,20). The summed E-state index contributed by atoms with van der Waals surface area (Å²) in [5, 5.41) is 6.69. The topological polar surface area (TPSA) is 80.9 Å². The summed E-state index contributed by atoms with van der Waals surface area (Å²) >= 11 is 1.56. The van der Waals surface area contributed by atoms with Gasteiger partial charge < -0.3 is 9.84 Å². The Balaban J connectivity index is 1.58. The number of rotatable bonds is 4. The second-order valence-corrected chi connectivity index (χ2v) is 6.20. The minimum Gasteiger partial charge on any atom is -0.342 e. The first-order valence-corrected chi connectivity index (χ1v) is 7.75. The molecule has 110 valence electrons. The van der Waals surface area contributed by atoms with Crippen LogP contribution >= 0.6 is 11.3 Å². The van der Waals surface area contributed by atoms with Crippen LogP contribution < -0.4 is 5.32 Å². The van der Waals surface area contributed by atoms with E-state index < -0.39 is 0 Å². The number of hydrogen-bond donors (Lipinski definition) is 1. The zero-order chi connectivity index (χ0) is 14.9. The van der Waals surface area contributed by atoms with E-state index >= 15 is 0 Å². The summed E-state index contributed by atoms with van der Waals surface area (Å²) in [5.74, 6) is 1.39. The van der Waals surface area contributed by atoms with Gasteiger partial charge in [0, 0.05) is 17.0 Å². The van der Waals surface area contributed by atoms with E-state index in [1.165, 1.54) is 6.39 Å². The molecule has 0 radical (unpaired) electrons. The van der Waals surface area contributed by atoms with Gasteiger partial charge in [0.05, 0.1) is 4.88 Å². The molecule has 3 aromatic rings. The number of aromatic nitrogens is 3. The first kappa shape index (κ1) is 13.1. The van der Waals surface area contributed by atoms with Gasteiger partial charge in [-0.05, 0) is 42.7 Å². The minimum atomic E-state index is 0.0586. The molecule has 0 saturated heterocycles. The Morgan fingerprint density at radius 3 is 2.86 bits per heavy atom. The fourth-order valence-electron chi connectivity index (χ4n) is 2.12. The van der Waals surface area contributed by atoms with Crippen LogP contribution in [0.15, 0.2) is 41.4 Å². The third-order valence-electron chi connectivity index (χ3n) is 3.43. The third-order valence-corrected chi connectivity index (χ3v) is 4.56. The SMILES string of the molecule is O=C(Nc1cc(-c2ccc(-c3ncon3)s2)ccn1)C1CC1. The molecule has 0 aromatic carbocycles. The molecule has 1 N–H and O–H groups in total. The maximum absolute atomic E-state index is 11.8. The van der Waals surface area contributed by atoms with Gasteiger partial charge in [-0.3, -0.25) is 4.79 Å². The average Bonchev–Trinajstić information content (AvgIpc) is 3.04. The molecule has 4 rings (SSSR count). The lowest BCUT2D eigenvalue weighted by atomic mass is 10.2. The summed E-state index contributed by atoms with van der Waals surface area (Å²) in [4.78, 5) is 22.0. The predicted octanol–water partition coefficient (Wildman–Crippen LogP) is 3.21. The van der Waals surface area contributed by atoms with Crippen molar-refractivity contribution in [1.29, 1.82) is 0 Å². The van der Waals surface area contributed by atoms with Gasteiger partial charge in [0.15, 0.2) is 0 Å². The van der Waals surface area contributed by atoms with Crippen molar-refractivity contribution in [2.75, 3.05) is 5.32 Å². The van der Waals surface area contributed by atoms with Gasteiger partial charge in [-0.15, -0.1) is 11.3 Å². The Labute approximate surface area is 130 Å².